The standard InChI is InChI=1S/C24H29N3O3/c1-18-5-4-6-21(17-18)26-13-15-27(16-14-26)24(29)19(2)25-23(28)12-9-20-7-10-22(30-3)11-8-20/h4-12,17,19H,13-16H2,1-3H3,(H,25,28)/b12-9+. The first kappa shape index (κ1) is 21.4. The topological polar surface area (TPSA) is 61.9 Å². The van der Waals surface area contributed by atoms with E-state index in [9.17, 15) is 9.59 Å². The third kappa shape index (κ3) is 5.63. The van der Waals surface area contributed by atoms with Crippen LogP contribution in [-0.4, -0.2) is 56.0 Å². The number of amides is 2. The Morgan fingerprint density at radius 1 is 1.07 bits per heavy atom. The van der Waals surface area contributed by atoms with Gasteiger partial charge in [0.25, 0.3) is 0 Å². The molecule has 1 unspecified atom stereocenters. The van der Waals surface area contributed by atoms with E-state index in [2.05, 4.69) is 41.4 Å². The van der Waals surface area contributed by atoms with Gasteiger partial charge in [0, 0.05) is 37.9 Å². The van der Waals surface area contributed by atoms with E-state index in [0.29, 0.717) is 13.1 Å². The molecule has 6 heteroatoms. The zero-order valence-corrected chi connectivity index (χ0v) is 17.8. The Kier molecular flexibility index (Phi) is 7.12. The first-order valence-electron chi connectivity index (χ1n) is 10.2. The van der Waals surface area contributed by atoms with Crippen molar-refractivity contribution in [2.75, 3.05) is 38.2 Å². The van der Waals surface area contributed by atoms with Gasteiger partial charge in [0.15, 0.2) is 0 Å². The number of rotatable bonds is 6. The minimum Gasteiger partial charge on any atom is -0.497 e. The Labute approximate surface area is 178 Å². The summed E-state index contributed by atoms with van der Waals surface area (Å²) in [6.07, 6.45) is 3.16. The van der Waals surface area contributed by atoms with Crippen LogP contribution in [0.2, 0.25) is 0 Å². The molecule has 3 rings (SSSR count). The van der Waals surface area contributed by atoms with Crippen LogP contribution in [0.1, 0.15) is 18.1 Å². The second kappa shape index (κ2) is 9.96. The van der Waals surface area contributed by atoms with Crippen LogP contribution in [0.4, 0.5) is 5.69 Å². The molecule has 158 valence electrons. The summed E-state index contributed by atoms with van der Waals surface area (Å²) in [5.41, 5.74) is 3.30. The number of anilines is 1. The van der Waals surface area contributed by atoms with Gasteiger partial charge >= 0.3 is 0 Å². The molecule has 1 N–H and O–H groups in total. The van der Waals surface area contributed by atoms with Crippen LogP contribution in [-0.2, 0) is 9.59 Å². The lowest BCUT2D eigenvalue weighted by molar-refractivity contribution is -0.135. The lowest BCUT2D eigenvalue weighted by Crippen LogP contribution is -2.54. The third-order valence-corrected chi connectivity index (χ3v) is 5.23. The summed E-state index contributed by atoms with van der Waals surface area (Å²) >= 11 is 0. The molecule has 0 aliphatic carbocycles. The van der Waals surface area contributed by atoms with E-state index in [4.69, 9.17) is 4.74 Å². The molecule has 2 aromatic carbocycles. The summed E-state index contributed by atoms with van der Waals surface area (Å²) in [4.78, 5) is 29.0. The van der Waals surface area contributed by atoms with Gasteiger partial charge in [0.2, 0.25) is 11.8 Å². The second-order valence-corrected chi connectivity index (χ2v) is 7.49. The van der Waals surface area contributed by atoms with Crippen LogP contribution < -0.4 is 15.0 Å². The minimum absolute atomic E-state index is 0.0508. The van der Waals surface area contributed by atoms with E-state index in [-0.39, 0.29) is 11.8 Å². The molecule has 0 aromatic heterocycles. The predicted octanol–water partition coefficient (Wildman–Crippen LogP) is 2.87. The number of aryl methyl sites for hydroxylation is 1. The van der Waals surface area contributed by atoms with Crippen molar-refractivity contribution in [3.8, 4) is 5.75 Å². The van der Waals surface area contributed by atoms with E-state index in [1.54, 1.807) is 20.1 Å². The van der Waals surface area contributed by atoms with Crippen LogP contribution in [0.3, 0.4) is 0 Å². The van der Waals surface area contributed by atoms with Crippen molar-refractivity contribution >= 4 is 23.6 Å². The predicted molar refractivity (Wildman–Crippen MR) is 120 cm³/mol. The monoisotopic (exact) mass is 407 g/mol. The van der Waals surface area contributed by atoms with E-state index in [1.807, 2.05) is 29.2 Å². The average molecular weight is 408 g/mol. The van der Waals surface area contributed by atoms with E-state index in [0.717, 1.165) is 24.4 Å². The molecular weight excluding hydrogens is 378 g/mol. The van der Waals surface area contributed by atoms with E-state index in [1.165, 1.54) is 17.3 Å². The molecule has 2 aromatic rings. The van der Waals surface area contributed by atoms with Crippen molar-refractivity contribution in [3.63, 3.8) is 0 Å². The normalized spacial score (nSPS) is 15.2. The van der Waals surface area contributed by atoms with Crippen molar-refractivity contribution in [2.45, 2.75) is 19.9 Å². The summed E-state index contributed by atoms with van der Waals surface area (Å²) in [7, 11) is 1.61. The third-order valence-electron chi connectivity index (χ3n) is 5.23. The zero-order chi connectivity index (χ0) is 21.5. The highest BCUT2D eigenvalue weighted by Gasteiger charge is 2.25. The fourth-order valence-corrected chi connectivity index (χ4v) is 3.49. The molecule has 1 atom stereocenters. The number of nitrogens with zero attached hydrogens (tertiary/aromatic N) is 2. The number of hydrogen-bond donors (Lipinski definition) is 1. The van der Waals surface area contributed by atoms with Gasteiger partial charge in [-0.3, -0.25) is 9.59 Å². The number of methoxy groups -OCH3 is 1. The molecule has 1 aliphatic rings. The number of hydrogen-bond acceptors (Lipinski definition) is 4. The highest BCUT2D eigenvalue weighted by atomic mass is 16.5. The molecule has 30 heavy (non-hydrogen) atoms. The molecule has 1 fully saturated rings. The molecular formula is C24H29N3O3. The number of piperazine rings is 1. The summed E-state index contributed by atoms with van der Waals surface area (Å²) < 4.78 is 5.12. The Hall–Kier alpha value is -3.28. The second-order valence-electron chi connectivity index (χ2n) is 7.49. The molecule has 0 saturated carbocycles. The highest BCUT2D eigenvalue weighted by Crippen LogP contribution is 2.18. The summed E-state index contributed by atoms with van der Waals surface area (Å²) in [6.45, 7) is 6.68. The van der Waals surface area contributed by atoms with Gasteiger partial charge in [-0.25, -0.2) is 0 Å². The van der Waals surface area contributed by atoms with Gasteiger partial charge in [0.1, 0.15) is 11.8 Å². The molecule has 6 nitrogen and oxygen atoms in total. The first-order chi connectivity index (χ1) is 14.5. The Morgan fingerprint density at radius 2 is 1.77 bits per heavy atom. The summed E-state index contributed by atoms with van der Waals surface area (Å²) in [6, 6.07) is 15.2. The number of carbonyl (C=O) groups excluding carboxylic acids is 2. The summed E-state index contributed by atoms with van der Waals surface area (Å²) in [5, 5.41) is 2.76. The lowest BCUT2D eigenvalue weighted by Gasteiger charge is -2.37. The van der Waals surface area contributed by atoms with Gasteiger partial charge < -0.3 is 19.9 Å². The van der Waals surface area contributed by atoms with Gasteiger partial charge in [-0.15, -0.1) is 0 Å². The largest absolute Gasteiger partial charge is 0.497 e. The fraction of sp³-hybridized carbons (Fsp3) is 0.333. The summed E-state index contributed by atoms with van der Waals surface area (Å²) in [5.74, 6) is 0.425. The Balaban J connectivity index is 1.48. The van der Waals surface area contributed by atoms with Gasteiger partial charge in [-0.2, -0.15) is 0 Å². The smallest absolute Gasteiger partial charge is 0.244 e. The van der Waals surface area contributed by atoms with Crippen LogP contribution in [0, 0.1) is 6.92 Å². The maximum Gasteiger partial charge on any atom is 0.244 e. The maximum absolute atomic E-state index is 12.7. The van der Waals surface area contributed by atoms with Crippen molar-refractivity contribution < 1.29 is 14.3 Å². The van der Waals surface area contributed by atoms with E-state index < -0.39 is 6.04 Å². The molecule has 0 radical (unpaired) electrons. The molecule has 1 saturated heterocycles. The minimum atomic E-state index is -0.566. The number of ether oxygens (including phenoxy) is 1. The Bertz CT molecular complexity index is 900. The van der Waals surface area contributed by atoms with Crippen molar-refractivity contribution in [1.82, 2.24) is 10.2 Å². The first-order valence-corrected chi connectivity index (χ1v) is 10.2. The number of carbonyl (C=O) groups is 2. The van der Waals surface area contributed by atoms with E-state index >= 15 is 0 Å². The van der Waals surface area contributed by atoms with Gasteiger partial charge in [0.05, 0.1) is 7.11 Å². The van der Waals surface area contributed by atoms with Crippen molar-refractivity contribution in [3.05, 3.63) is 65.7 Å². The van der Waals surface area contributed by atoms with Crippen LogP contribution in [0.25, 0.3) is 6.08 Å². The van der Waals surface area contributed by atoms with Crippen LogP contribution >= 0.6 is 0 Å². The molecule has 1 heterocycles. The molecule has 0 bridgehead atoms. The van der Waals surface area contributed by atoms with Gasteiger partial charge in [-0.1, -0.05) is 24.3 Å². The van der Waals surface area contributed by atoms with Crippen molar-refractivity contribution in [2.24, 2.45) is 0 Å². The fourth-order valence-electron chi connectivity index (χ4n) is 3.49. The highest BCUT2D eigenvalue weighted by molar-refractivity contribution is 5.95. The van der Waals surface area contributed by atoms with Crippen LogP contribution in [0.5, 0.6) is 5.75 Å². The number of benzene rings is 2. The number of nitrogens with one attached hydrogen (secondary N) is 1. The Morgan fingerprint density at radius 3 is 2.40 bits per heavy atom. The molecule has 1 aliphatic heterocycles. The molecule has 2 amide bonds. The quantitative estimate of drug-likeness (QED) is 0.748. The SMILES string of the molecule is COc1ccc(/C=C/C(=O)NC(C)C(=O)N2CCN(c3cccc(C)c3)CC2)cc1. The average Bonchev–Trinajstić information content (AvgIpc) is 2.77. The lowest BCUT2D eigenvalue weighted by atomic mass is 10.1. The van der Waals surface area contributed by atoms with Crippen molar-refractivity contribution in [1.29, 1.82) is 0 Å². The zero-order valence-electron chi connectivity index (χ0n) is 17.8. The van der Waals surface area contributed by atoms with Gasteiger partial charge in [-0.05, 0) is 55.3 Å². The maximum atomic E-state index is 12.7. The van der Waals surface area contributed by atoms with Crippen LogP contribution in [0.15, 0.2) is 54.6 Å². The molecule has 0 spiro atoms.